The first-order valence-corrected chi connectivity index (χ1v) is 9.04. The molecule has 138 valence electrons. The zero-order chi connectivity index (χ0) is 17.0. The summed E-state index contributed by atoms with van der Waals surface area (Å²) in [5, 5.41) is 3.42. The normalized spacial score (nSPS) is 19.1. The van der Waals surface area contributed by atoms with Crippen LogP contribution in [0.3, 0.4) is 0 Å². The second-order valence-electron chi connectivity index (χ2n) is 7.11. The molecule has 6 heteroatoms. The van der Waals surface area contributed by atoms with Gasteiger partial charge in [-0.05, 0) is 49.3 Å². The van der Waals surface area contributed by atoms with E-state index in [-0.39, 0.29) is 24.0 Å². The van der Waals surface area contributed by atoms with Gasteiger partial charge in [0.05, 0.1) is 6.54 Å². The standard InChI is InChI=1S/C19H28N4O.HI/c1-2-21-18(23-11-10-19(14-23)8-3-4-9-19)22-13-15-6-5-7-16(12-15)17(20)24;/h5-7,12H,2-4,8-11,13-14H2,1H3,(H2,20,24)(H,21,22);1H. The van der Waals surface area contributed by atoms with E-state index in [9.17, 15) is 4.79 Å². The van der Waals surface area contributed by atoms with E-state index in [2.05, 4.69) is 17.1 Å². The number of nitrogens with zero attached hydrogens (tertiary/aromatic N) is 2. The van der Waals surface area contributed by atoms with Gasteiger partial charge in [-0.15, -0.1) is 24.0 Å². The Balaban J connectivity index is 0.00000225. The summed E-state index contributed by atoms with van der Waals surface area (Å²) in [6.45, 7) is 5.74. The van der Waals surface area contributed by atoms with Crippen LogP contribution in [-0.4, -0.2) is 36.4 Å². The van der Waals surface area contributed by atoms with Crippen LogP contribution in [0.1, 0.15) is 54.9 Å². The van der Waals surface area contributed by atoms with Crippen molar-refractivity contribution in [1.82, 2.24) is 10.2 Å². The lowest BCUT2D eigenvalue weighted by atomic mass is 9.86. The number of hydrogen-bond acceptors (Lipinski definition) is 2. The first-order chi connectivity index (χ1) is 11.6. The molecule has 1 aliphatic carbocycles. The Morgan fingerprint density at radius 3 is 2.76 bits per heavy atom. The van der Waals surface area contributed by atoms with Crippen LogP contribution < -0.4 is 11.1 Å². The lowest BCUT2D eigenvalue weighted by Crippen LogP contribution is -2.41. The zero-order valence-corrected chi connectivity index (χ0v) is 17.3. The van der Waals surface area contributed by atoms with Crippen molar-refractivity contribution in [3.8, 4) is 0 Å². The summed E-state index contributed by atoms with van der Waals surface area (Å²) < 4.78 is 0. The minimum Gasteiger partial charge on any atom is -0.366 e. The molecule has 5 nitrogen and oxygen atoms in total. The molecule has 0 unspecified atom stereocenters. The molecule has 0 radical (unpaired) electrons. The number of amides is 1. The van der Waals surface area contributed by atoms with Gasteiger partial charge < -0.3 is 16.0 Å². The molecular weight excluding hydrogens is 427 g/mol. The fourth-order valence-corrected chi connectivity index (χ4v) is 4.06. The Hall–Kier alpha value is -1.31. The van der Waals surface area contributed by atoms with E-state index < -0.39 is 5.91 Å². The van der Waals surface area contributed by atoms with Crippen LogP contribution in [-0.2, 0) is 6.54 Å². The number of halogens is 1. The van der Waals surface area contributed by atoms with Crippen LogP contribution in [0, 0.1) is 5.41 Å². The maximum atomic E-state index is 11.3. The second-order valence-corrected chi connectivity index (χ2v) is 7.11. The average molecular weight is 456 g/mol. The van der Waals surface area contributed by atoms with Gasteiger partial charge in [0.2, 0.25) is 5.91 Å². The van der Waals surface area contributed by atoms with Gasteiger partial charge >= 0.3 is 0 Å². The third-order valence-electron chi connectivity index (χ3n) is 5.36. The van der Waals surface area contributed by atoms with E-state index in [4.69, 9.17) is 10.7 Å². The number of likely N-dealkylation sites (tertiary alicyclic amines) is 1. The maximum absolute atomic E-state index is 11.3. The number of nitrogens with one attached hydrogen (secondary N) is 1. The molecule has 1 aliphatic heterocycles. The Morgan fingerprint density at radius 2 is 2.08 bits per heavy atom. The fraction of sp³-hybridized carbons (Fsp3) is 0.579. The largest absolute Gasteiger partial charge is 0.366 e. The van der Waals surface area contributed by atoms with E-state index in [1.165, 1.54) is 32.1 Å². The van der Waals surface area contributed by atoms with Crippen molar-refractivity contribution in [1.29, 1.82) is 0 Å². The third-order valence-corrected chi connectivity index (χ3v) is 5.36. The van der Waals surface area contributed by atoms with E-state index in [0.717, 1.165) is 31.2 Å². The molecule has 1 heterocycles. The van der Waals surface area contributed by atoms with Gasteiger partial charge in [0.1, 0.15) is 0 Å². The summed E-state index contributed by atoms with van der Waals surface area (Å²) >= 11 is 0. The third kappa shape index (κ3) is 4.86. The Labute approximate surface area is 167 Å². The number of guanidine groups is 1. The van der Waals surface area contributed by atoms with Crippen molar-refractivity contribution >= 4 is 35.8 Å². The van der Waals surface area contributed by atoms with Crippen molar-refractivity contribution < 1.29 is 4.79 Å². The first-order valence-electron chi connectivity index (χ1n) is 9.04. The predicted octanol–water partition coefficient (Wildman–Crippen LogP) is 3.14. The van der Waals surface area contributed by atoms with Crippen molar-refractivity contribution in [2.75, 3.05) is 19.6 Å². The number of benzene rings is 1. The van der Waals surface area contributed by atoms with Gasteiger partial charge in [-0.1, -0.05) is 25.0 Å². The summed E-state index contributed by atoms with van der Waals surface area (Å²) in [4.78, 5) is 18.5. The maximum Gasteiger partial charge on any atom is 0.248 e. The number of carbonyl (C=O) groups is 1. The van der Waals surface area contributed by atoms with Crippen LogP contribution in [0.4, 0.5) is 0 Å². The van der Waals surface area contributed by atoms with Crippen LogP contribution in [0.2, 0.25) is 0 Å². The summed E-state index contributed by atoms with van der Waals surface area (Å²) in [6.07, 6.45) is 6.77. The van der Waals surface area contributed by atoms with Crippen molar-refractivity contribution in [2.24, 2.45) is 16.1 Å². The lowest BCUT2D eigenvalue weighted by molar-refractivity contribution is 0.1000. The summed E-state index contributed by atoms with van der Waals surface area (Å²) in [6, 6.07) is 7.42. The molecule has 0 bridgehead atoms. The van der Waals surface area contributed by atoms with Gasteiger partial charge in [0, 0.05) is 25.2 Å². The zero-order valence-electron chi connectivity index (χ0n) is 15.0. The first kappa shape index (κ1) is 20.0. The number of rotatable bonds is 4. The van der Waals surface area contributed by atoms with Crippen molar-refractivity contribution in [3.63, 3.8) is 0 Å². The van der Waals surface area contributed by atoms with Crippen LogP contribution in [0.25, 0.3) is 0 Å². The van der Waals surface area contributed by atoms with E-state index in [0.29, 0.717) is 17.5 Å². The molecule has 2 aliphatic rings. The molecule has 0 aromatic heterocycles. The van der Waals surface area contributed by atoms with Crippen molar-refractivity contribution in [3.05, 3.63) is 35.4 Å². The minimum atomic E-state index is -0.393. The number of hydrogen-bond donors (Lipinski definition) is 2. The summed E-state index contributed by atoms with van der Waals surface area (Å²) in [5.74, 6) is 0.598. The van der Waals surface area contributed by atoms with Gasteiger partial charge in [-0.2, -0.15) is 0 Å². The molecule has 1 saturated heterocycles. The Bertz CT molecular complexity index is 626. The number of carbonyl (C=O) groups excluding carboxylic acids is 1. The van der Waals surface area contributed by atoms with Gasteiger partial charge in [0.25, 0.3) is 0 Å². The second kappa shape index (κ2) is 8.87. The predicted molar refractivity (Wildman–Crippen MR) is 112 cm³/mol. The number of primary amides is 1. The number of nitrogens with two attached hydrogens (primary N) is 1. The lowest BCUT2D eigenvalue weighted by Gasteiger charge is -2.26. The average Bonchev–Trinajstić information content (AvgIpc) is 3.22. The quantitative estimate of drug-likeness (QED) is 0.416. The minimum absolute atomic E-state index is 0. The highest BCUT2D eigenvalue weighted by atomic mass is 127. The highest BCUT2D eigenvalue weighted by molar-refractivity contribution is 14.0. The SMILES string of the molecule is CCNC(=NCc1cccc(C(N)=O)c1)N1CCC2(CCCC2)C1.I. The molecule has 1 saturated carbocycles. The summed E-state index contributed by atoms with van der Waals surface area (Å²) in [7, 11) is 0. The highest BCUT2D eigenvalue weighted by Gasteiger charge is 2.41. The molecule has 1 spiro atoms. The fourth-order valence-electron chi connectivity index (χ4n) is 4.06. The molecule has 3 N–H and O–H groups in total. The molecule has 1 amide bonds. The Morgan fingerprint density at radius 1 is 1.32 bits per heavy atom. The Kier molecular flexibility index (Phi) is 7.10. The van der Waals surface area contributed by atoms with Gasteiger partial charge in [-0.25, -0.2) is 4.99 Å². The van der Waals surface area contributed by atoms with E-state index in [1.807, 2.05) is 18.2 Å². The van der Waals surface area contributed by atoms with Crippen LogP contribution >= 0.6 is 24.0 Å². The topological polar surface area (TPSA) is 70.7 Å². The molecule has 1 aromatic rings. The molecule has 3 rings (SSSR count). The van der Waals surface area contributed by atoms with Gasteiger partial charge in [-0.3, -0.25) is 4.79 Å². The van der Waals surface area contributed by atoms with Gasteiger partial charge in [0.15, 0.2) is 5.96 Å². The molecule has 25 heavy (non-hydrogen) atoms. The molecule has 2 fully saturated rings. The highest BCUT2D eigenvalue weighted by Crippen LogP contribution is 2.45. The molecular formula is C19H29IN4O. The van der Waals surface area contributed by atoms with Crippen molar-refractivity contribution in [2.45, 2.75) is 45.6 Å². The molecule has 0 atom stereocenters. The molecule has 1 aromatic carbocycles. The van der Waals surface area contributed by atoms with Crippen LogP contribution in [0.15, 0.2) is 29.3 Å². The number of aliphatic imine (C=N–C) groups is 1. The summed E-state index contributed by atoms with van der Waals surface area (Å²) in [5.41, 5.74) is 7.44. The van der Waals surface area contributed by atoms with E-state index >= 15 is 0 Å². The monoisotopic (exact) mass is 456 g/mol. The van der Waals surface area contributed by atoms with Crippen LogP contribution in [0.5, 0.6) is 0 Å². The van der Waals surface area contributed by atoms with E-state index in [1.54, 1.807) is 6.07 Å². The smallest absolute Gasteiger partial charge is 0.248 e.